The van der Waals surface area contributed by atoms with E-state index < -0.39 is 48.2 Å². The number of nitrogens with one attached hydrogen (secondary N) is 5. The first-order valence-corrected chi connectivity index (χ1v) is 13.8. The second-order valence-corrected chi connectivity index (χ2v) is 10.9. The number of carboxylic acid groups (broad SMARTS) is 1. The number of aliphatic carboxylic acids is 1. The first-order chi connectivity index (χ1) is 18.4. The molecule has 1 aliphatic rings. The number of benzene rings is 1. The number of hydrogen-bond donors (Lipinski definition) is 6. The molecule has 0 radical (unpaired) electrons. The minimum absolute atomic E-state index is 0.0328. The molecule has 2 atom stereocenters. The van der Waals surface area contributed by atoms with E-state index >= 15 is 0 Å². The number of carboxylic acids is 1. The van der Waals surface area contributed by atoms with E-state index in [0.717, 1.165) is 22.2 Å². The van der Waals surface area contributed by atoms with Gasteiger partial charge in [0.15, 0.2) is 0 Å². The molecule has 0 aromatic heterocycles. The van der Waals surface area contributed by atoms with Crippen LogP contribution < -0.4 is 26.6 Å². The van der Waals surface area contributed by atoms with Crippen molar-refractivity contribution in [2.75, 3.05) is 25.4 Å². The Hall–Kier alpha value is -3.45. The quantitative estimate of drug-likeness (QED) is 0.146. The first kappa shape index (κ1) is 33.6. The Bertz CT molecular complexity index is 1030. The van der Waals surface area contributed by atoms with Gasteiger partial charge in [0.25, 0.3) is 0 Å². The Labute approximate surface area is 238 Å². The standard InChI is InChI=1S/C23H32N4O6.C3H5NS2/c1-14(2)10-17(22(32)25-13-20(29)30)27-23(33)18(11-16-8-6-5-7-9-16)26-19(28)12-24-21(31)15(3)4;5-3-4-1-2-6-3/h5-9,14,17-18H,3,10-13H2,1-2,4H3,(H,24,31)(H,25,32)(H,26,28)(H,27,33)(H,29,30);1-2H2,(H,4,5). The number of thioether (sulfide) groups is 1. The van der Waals surface area contributed by atoms with Crippen LogP contribution in [0.2, 0.25) is 0 Å². The average molecular weight is 580 g/mol. The second-order valence-electron chi connectivity index (χ2n) is 9.14. The molecule has 1 heterocycles. The van der Waals surface area contributed by atoms with Crippen LogP contribution in [0.1, 0.15) is 32.8 Å². The highest BCUT2D eigenvalue weighted by atomic mass is 32.2. The minimum atomic E-state index is -1.20. The van der Waals surface area contributed by atoms with E-state index in [1.807, 2.05) is 19.9 Å². The number of thiocarbonyl (C=S) groups is 1. The summed E-state index contributed by atoms with van der Waals surface area (Å²) in [6.07, 6.45) is 0.426. The van der Waals surface area contributed by atoms with Crippen LogP contribution >= 0.6 is 24.0 Å². The van der Waals surface area contributed by atoms with E-state index in [4.69, 9.17) is 17.3 Å². The van der Waals surface area contributed by atoms with Gasteiger partial charge in [-0.3, -0.25) is 24.0 Å². The van der Waals surface area contributed by atoms with Crippen LogP contribution in [0, 0.1) is 5.92 Å². The van der Waals surface area contributed by atoms with E-state index in [1.54, 1.807) is 36.0 Å². The fraction of sp³-hybridized carbons (Fsp3) is 0.462. The highest BCUT2D eigenvalue weighted by molar-refractivity contribution is 8.23. The Morgan fingerprint density at radius 2 is 1.69 bits per heavy atom. The summed E-state index contributed by atoms with van der Waals surface area (Å²) in [6, 6.07) is 6.98. The Balaban J connectivity index is 0.00000111. The molecule has 1 saturated heterocycles. The lowest BCUT2D eigenvalue weighted by Gasteiger charge is -2.24. The van der Waals surface area contributed by atoms with E-state index in [2.05, 4.69) is 33.2 Å². The Morgan fingerprint density at radius 1 is 1.03 bits per heavy atom. The van der Waals surface area contributed by atoms with Crippen molar-refractivity contribution in [1.82, 2.24) is 26.6 Å². The van der Waals surface area contributed by atoms with Gasteiger partial charge in [-0.2, -0.15) is 0 Å². The van der Waals surface area contributed by atoms with Gasteiger partial charge in [-0.1, -0.05) is 74.7 Å². The lowest BCUT2D eigenvalue weighted by atomic mass is 10.0. The summed E-state index contributed by atoms with van der Waals surface area (Å²) in [4.78, 5) is 60.2. The summed E-state index contributed by atoms with van der Waals surface area (Å²) in [5.74, 6) is -2.32. The highest BCUT2D eigenvalue weighted by Crippen LogP contribution is 2.08. The number of carbonyl (C=O) groups excluding carboxylic acids is 4. The summed E-state index contributed by atoms with van der Waals surface area (Å²) in [5.41, 5.74) is 1.02. The van der Waals surface area contributed by atoms with E-state index in [9.17, 15) is 24.0 Å². The molecule has 0 saturated carbocycles. The van der Waals surface area contributed by atoms with Crippen molar-refractivity contribution in [3.63, 3.8) is 0 Å². The lowest BCUT2D eigenvalue weighted by molar-refractivity contribution is -0.138. The summed E-state index contributed by atoms with van der Waals surface area (Å²) in [7, 11) is 0. The molecular formula is C26H37N5O6S2. The molecule has 13 heteroatoms. The van der Waals surface area contributed by atoms with Gasteiger partial charge in [-0.15, -0.1) is 0 Å². The van der Waals surface area contributed by atoms with Crippen molar-refractivity contribution >= 4 is 57.9 Å². The molecule has 1 fully saturated rings. The fourth-order valence-corrected chi connectivity index (χ4v) is 4.17. The SMILES string of the molecule is C=C(C)C(=O)NCC(=O)NC(Cc1ccccc1)C(=O)NC(CC(C)C)C(=O)NCC(=O)O.S=C1NCCS1. The maximum absolute atomic E-state index is 13.0. The summed E-state index contributed by atoms with van der Waals surface area (Å²) in [6.45, 7) is 8.85. The summed E-state index contributed by atoms with van der Waals surface area (Å²) in [5, 5.41) is 21.7. The lowest BCUT2D eigenvalue weighted by Crippen LogP contribution is -2.56. The fourth-order valence-electron chi connectivity index (χ4n) is 3.22. The van der Waals surface area contributed by atoms with Crippen molar-refractivity contribution in [1.29, 1.82) is 0 Å². The summed E-state index contributed by atoms with van der Waals surface area (Å²) >= 11 is 6.49. The topological polar surface area (TPSA) is 166 Å². The van der Waals surface area contributed by atoms with Crippen LogP contribution in [0.5, 0.6) is 0 Å². The molecule has 1 aliphatic heterocycles. The van der Waals surface area contributed by atoms with Crippen LogP contribution in [0.25, 0.3) is 0 Å². The Morgan fingerprint density at radius 3 is 2.18 bits per heavy atom. The molecule has 214 valence electrons. The largest absolute Gasteiger partial charge is 0.480 e. The number of amides is 4. The van der Waals surface area contributed by atoms with Gasteiger partial charge in [0, 0.05) is 24.3 Å². The molecule has 1 aromatic rings. The normalized spacial score (nSPS) is 13.6. The molecule has 1 aromatic carbocycles. The predicted octanol–water partition coefficient (Wildman–Crippen LogP) is 0.746. The third kappa shape index (κ3) is 14.9. The molecule has 0 aliphatic carbocycles. The van der Waals surface area contributed by atoms with Crippen LogP contribution in [0.3, 0.4) is 0 Å². The van der Waals surface area contributed by atoms with Gasteiger partial charge >= 0.3 is 5.97 Å². The van der Waals surface area contributed by atoms with Gasteiger partial charge in [0.2, 0.25) is 23.6 Å². The zero-order chi connectivity index (χ0) is 29.4. The molecular weight excluding hydrogens is 542 g/mol. The van der Waals surface area contributed by atoms with Crippen molar-refractivity contribution < 1.29 is 29.1 Å². The molecule has 2 unspecified atom stereocenters. The number of rotatable bonds is 13. The van der Waals surface area contributed by atoms with Gasteiger partial charge in [-0.25, -0.2) is 0 Å². The maximum atomic E-state index is 13.0. The van der Waals surface area contributed by atoms with Crippen molar-refractivity contribution in [2.45, 2.75) is 45.7 Å². The zero-order valence-corrected chi connectivity index (χ0v) is 24.0. The van der Waals surface area contributed by atoms with E-state index in [0.29, 0.717) is 0 Å². The van der Waals surface area contributed by atoms with Gasteiger partial charge in [0.1, 0.15) is 22.9 Å². The highest BCUT2D eigenvalue weighted by Gasteiger charge is 2.28. The molecule has 11 nitrogen and oxygen atoms in total. The van der Waals surface area contributed by atoms with Crippen LogP contribution in [0.4, 0.5) is 0 Å². The van der Waals surface area contributed by atoms with Crippen molar-refractivity contribution in [3.05, 3.63) is 48.0 Å². The molecule has 0 bridgehead atoms. The summed E-state index contributed by atoms with van der Waals surface area (Å²) < 4.78 is 0.954. The molecule has 2 rings (SSSR count). The molecule has 6 N–H and O–H groups in total. The Kier molecular flexibility index (Phi) is 15.5. The molecule has 4 amide bonds. The number of carbonyl (C=O) groups is 5. The van der Waals surface area contributed by atoms with Crippen LogP contribution in [-0.2, 0) is 30.4 Å². The van der Waals surface area contributed by atoms with Crippen LogP contribution in [0.15, 0.2) is 42.5 Å². The van der Waals surface area contributed by atoms with Crippen LogP contribution in [-0.4, -0.2) is 76.5 Å². The van der Waals surface area contributed by atoms with Gasteiger partial charge in [-0.05, 0) is 24.8 Å². The third-order valence-electron chi connectivity index (χ3n) is 5.09. The number of hydrogen-bond acceptors (Lipinski definition) is 7. The second kappa shape index (κ2) is 17.9. The van der Waals surface area contributed by atoms with E-state index in [1.165, 1.54) is 6.92 Å². The average Bonchev–Trinajstić information content (AvgIpc) is 3.36. The zero-order valence-electron chi connectivity index (χ0n) is 22.4. The predicted molar refractivity (Wildman–Crippen MR) is 155 cm³/mol. The van der Waals surface area contributed by atoms with Crippen molar-refractivity contribution in [2.24, 2.45) is 5.92 Å². The molecule has 39 heavy (non-hydrogen) atoms. The smallest absolute Gasteiger partial charge is 0.322 e. The molecule has 0 spiro atoms. The monoisotopic (exact) mass is 579 g/mol. The minimum Gasteiger partial charge on any atom is -0.480 e. The van der Waals surface area contributed by atoms with Gasteiger partial charge in [0.05, 0.1) is 6.54 Å². The first-order valence-electron chi connectivity index (χ1n) is 12.4. The maximum Gasteiger partial charge on any atom is 0.322 e. The van der Waals surface area contributed by atoms with Gasteiger partial charge < -0.3 is 31.7 Å². The third-order valence-corrected chi connectivity index (χ3v) is 6.40. The van der Waals surface area contributed by atoms with Crippen molar-refractivity contribution in [3.8, 4) is 0 Å². The van der Waals surface area contributed by atoms with E-state index in [-0.39, 0.29) is 30.9 Å².